The number of carbonyl (C=O) groups is 1. The number of thiocarbonyl (C=S) groups is 1. The van der Waals surface area contributed by atoms with E-state index in [0.29, 0.717) is 31.0 Å². The molecular weight excluding hydrogens is 318 g/mol. The van der Waals surface area contributed by atoms with Gasteiger partial charge in [-0.2, -0.15) is 0 Å². The predicted molar refractivity (Wildman–Crippen MR) is 102 cm³/mol. The normalized spacial score (nSPS) is 28.1. The van der Waals surface area contributed by atoms with E-state index in [1.54, 1.807) is 0 Å². The van der Waals surface area contributed by atoms with Crippen LogP contribution in [0.1, 0.15) is 77.0 Å². The van der Waals surface area contributed by atoms with Crippen LogP contribution >= 0.6 is 12.2 Å². The molecule has 0 bridgehead atoms. The van der Waals surface area contributed by atoms with Crippen molar-refractivity contribution >= 4 is 23.2 Å². The van der Waals surface area contributed by atoms with Crippen molar-refractivity contribution in [3.8, 4) is 0 Å². The van der Waals surface area contributed by atoms with Crippen LogP contribution in [0.5, 0.6) is 0 Å². The Morgan fingerprint density at radius 2 is 1.67 bits per heavy atom. The maximum atomic E-state index is 12.6. The lowest BCUT2D eigenvalue weighted by Crippen LogP contribution is -2.50. The molecule has 0 aromatic carbocycles. The summed E-state index contributed by atoms with van der Waals surface area (Å²) in [5.74, 6) is 1.08. The number of carbonyl (C=O) groups excluding carboxylic acids is 1. The quantitative estimate of drug-likeness (QED) is 0.763. The molecule has 2 saturated carbocycles. The standard InChI is InChI=1S/C19H33N3OS/c23-18(22-14-6-8-15-7-4-5-11-17(15)22)12-13-20-19(24)21-16-9-2-1-3-10-16/h15-17H,1-14H2,(H2,20,21,24). The molecule has 3 rings (SSSR count). The SMILES string of the molecule is O=C(CCNC(=S)NC1CCCCC1)N1CCCC2CCCCC21. The maximum absolute atomic E-state index is 12.6. The van der Waals surface area contributed by atoms with E-state index in [-0.39, 0.29) is 0 Å². The summed E-state index contributed by atoms with van der Waals surface area (Å²) in [7, 11) is 0. The number of likely N-dealkylation sites (tertiary alicyclic amines) is 1. The predicted octanol–water partition coefficient (Wildman–Crippen LogP) is 3.35. The first kappa shape index (κ1) is 18.0. The van der Waals surface area contributed by atoms with Gasteiger partial charge in [-0.1, -0.05) is 32.1 Å². The number of nitrogens with one attached hydrogen (secondary N) is 2. The minimum atomic E-state index is 0.319. The summed E-state index contributed by atoms with van der Waals surface area (Å²) < 4.78 is 0. The first-order valence-electron chi connectivity index (χ1n) is 10.1. The second kappa shape index (κ2) is 9.02. The Kier molecular flexibility index (Phi) is 6.75. The van der Waals surface area contributed by atoms with Crippen LogP contribution in [0.2, 0.25) is 0 Å². The fraction of sp³-hybridized carbons (Fsp3) is 0.895. The van der Waals surface area contributed by atoms with Crippen LogP contribution in [-0.4, -0.2) is 41.1 Å². The Morgan fingerprint density at radius 3 is 2.50 bits per heavy atom. The Morgan fingerprint density at radius 1 is 0.958 bits per heavy atom. The van der Waals surface area contributed by atoms with Gasteiger partial charge in [0.1, 0.15) is 0 Å². The Hall–Kier alpha value is -0.840. The number of nitrogens with zero attached hydrogens (tertiary/aromatic N) is 1. The van der Waals surface area contributed by atoms with Crippen molar-refractivity contribution in [3.63, 3.8) is 0 Å². The molecule has 2 unspecified atom stereocenters. The van der Waals surface area contributed by atoms with Gasteiger partial charge in [0.05, 0.1) is 0 Å². The third-order valence-electron chi connectivity index (χ3n) is 6.13. The van der Waals surface area contributed by atoms with Crippen molar-refractivity contribution in [1.82, 2.24) is 15.5 Å². The molecule has 2 N–H and O–H groups in total. The Labute approximate surface area is 152 Å². The van der Waals surface area contributed by atoms with Gasteiger partial charge in [-0.15, -0.1) is 0 Å². The van der Waals surface area contributed by atoms with Crippen molar-refractivity contribution in [3.05, 3.63) is 0 Å². The van der Waals surface area contributed by atoms with E-state index < -0.39 is 0 Å². The molecule has 1 amide bonds. The van der Waals surface area contributed by atoms with Crippen LogP contribution in [0.25, 0.3) is 0 Å². The van der Waals surface area contributed by atoms with E-state index >= 15 is 0 Å². The van der Waals surface area contributed by atoms with Crippen molar-refractivity contribution in [2.45, 2.75) is 89.1 Å². The van der Waals surface area contributed by atoms with Crippen molar-refractivity contribution < 1.29 is 4.79 Å². The molecular formula is C19H33N3OS. The lowest BCUT2D eigenvalue weighted by atomic mass is 9.78. The molecule has 1 saturated heterocycles. The lowest BCUT2D eigenvalue weighted by Gasteiger charge is -2.44. The minimum absolute atomic E-state index is 0.319. The van der Waals surface area contributed by atoms with Gasteiger partial charge in [0, 0.05) is 31.6 Å². The Balaban J connectivity index is 1.37. The number of hydrogen-bond donors (Lipinski definition) is 2. The van der Waals surface area contributed by atoms with Gasteiger partial charge in [-0.3, -0.25) is 4.79 Å². The van der Waals surface area contributed by atoms with Crippen molar-refractivity contribution in [2.24, 2.45) is 5.92 Å². The molecule has 3 aliphatic rings. The number of hydrogen-bond acceptors (Lipinski definition) is 2. The number of fused-ring (bicyclic) bond motifs is 1. The zero-order chi connectivity index (χ0) is 16.8. The smallest absolute Gasteiger partial charge is 0.224 e. The van der Waals surface area contributed by atoms with Crippen LogP contribution in [0.3, 0.4) is 0 Å². The highest BCUT2D eigenvalue weighted by Gasteiger charge is 2.35. The molecule has 0 radical (unpaired) electrons. The summed E-state index contributed by atoms with van der Waals surface area (Å²) in [6, 6.07) is 1.05. The molecule has 2 aliphatic carbocycles. The van der Waals surface area contributed by atoms with E-state index in [0.717, 1.165) is 17.6 Å². The van der Waals surface area contributed by atoms with Gasteiger partial charge < -0.3 is 15.5 Å². The van der Waals surface area contributed by atoms with Crippen LogP contribution in [-0.2, 0) is 4.79 Å². The van der Waals surface area contributed by atoms with E-state index in [1.807, 2.05) is 0 Å². The minimum Gasteiger partial charge on any atom is -0.362 e. The van der Waals surface area contributed by atoms with Crippen LogP contribution in [0, 0.1) is 5.92 Å². The zero-order valence-corrected chi connectivity index (χ0v) is 15.7. The lowest BCUT2D eigenvalue weighted by molar-refractivity contribution is -0.137. The second-order valence-corrected chi connectivity index (χ2v) is 8.23. The first-order chi connectivity index (χ1) is 11.7. The van der Waals surface area contributed by atoms with Crippen molar-refractivity contribution in [2.75, 3.05) is 13.1 Å². The number of piperidine rings is 1. The molecule has 0 spiro atoms. The second-order valence-electron chi connectivity index (χ2n) is 7.83. The summed E-state index contributed by atoms with van der Waals surface area (Å²) >= 11 is 5.39. The van der Waals surface area contributed by atoms with E-state index in [1.165, 1.54) is 70.6 Å². The zero-order valence-electron chi connectivity index (χ0n) is 14.9. The average Bonchev–Trinajstić information content (AvgIpc) is 2.62. The van der Waals surface area contributed by atoms with Gasteiger partial charge in [0.2, 0.25) is 5.91 Å². The number of amides is 1. The molecule has 0 aromatic rings. The highest BCUT2D eigenvalue weighted by atomic mass is 32.1. The average molecular weight is 352 g/mol. The highest BCUT2D eigenvalue weighted by molar-refractivity contribution is 7.80. The maximum Gasteiger partial charge on any atom is 0.224 e. The van der Waals surface area contributed by atoms with E-state index in [2.05, 4.69) is 15.5 Å². The van der Waals surface area contributed by atoms with Crippen LogP contribution in [0.15, 0.2) is 0 Å². The molecule has 5 heteroatoms. The van der Waals surface area contributed by atoms with Crippen LogP contribution in [0.4, 0.5) is 0 Å². The van der Waals surface area contributed by atoms with E-state index in [4.69, 9.17) is 12.2 Å². The van der Waals surface area contributed by atoms with Crippen LogP contribution < -0.4 is 10.6 Å². The summed E-state index contributed by atoms with van der Waals surface area (Å²) in [4.78, 5) is 14.8. The van der Waals surface area contributed by atoms with Gasteiger partial charge in [0.25, 0.3) is 0 Å². The third-order valence-corrected chi connectivity index (χ3v) is 6.39. The largest absolute Gasteiger partial charge is 0.362 e. The fourth-order valence-corrected chi connectivity index (χ4v) is 5.11. The summed E-state index contributed by atoms with van der Waals surface area (Å²) in [5, 5.41) is 7.38. The first-order valence-corrected chi connectivity index (χ1v) is 10.5. The molecule has 136 valence electrons. The van der Waals surface area contributed by atoms with E-state index in [9.17, 15) is 4.79 Å². The number of rotatable bonds is 4. The Bertz CT molecular complexity index is 434. The summed E-state index contributed by atoms with van der Waals surface area (Å²) in [6.45, 7) is 1.62. The monoisotopic (exact) mass is 351 g/mol. The molecule has 2 atom stereocenters. The van der Waals surface area contributed by atoms with Gasteiger partial charge in [-0.25, -0.2) is 0 Å². The highest BCUT2D eigenvalue weighted by Crippen LogP contribution is 2.35. The summed E-state index contributed by atoms with van der Waals surface area (Å²) in [6.07, 6.45) is 14.6. The topological polar surface area (TPSA) is 44.4 Å². The molecule has 0 aromatic heterocycles. The van der Waals surface area contributed by atoms with Gasteiger partial charge in [-0.05, 0) is 56.7 Å². The third kappa shape index (κ3) is 4.84. The van der Waals surface area contributed by atoms with Gasteiger partial charge in [0.15, 0.2) is 5.11 Å². The van der Waals surface area contributed by atoms with Crippen molar-refractivity contribution in [1.29, 1.82) is 0 Å². The molecule has 24 heavy (non-hydrogen) atoms. The molecule has 3 fully saturated rings. The molecule has 4 nitrogen and oxygen atoms in total. The van der Waals surface area contributed by atoms with Gasteiger partial charge >= 0.3 is 0 Å². The molecule has 1 aliphatic heterocycles. The fourth-order valence-electron chi connectivity index (χ4n) is 4.84. The summed E-state index contributed by atoms with van der Waals surface area (Å²) in [5.41, 5.74) is 0. The molecule has 1 heterocycles.